The van der Waals surface area contributed by atoms with E-state index in [2.05, 4.69) is 10.6 Å². The summed E-state index contributed by atoms with van der Waals surface area (Å²) < 4.78 is 4.87. The Morgan fingerprint density at radius 2 is 1.90 bits per heavy atom. The molecule has 1 aromatic carbocycles. The molecule has 0 saturated heterocycles. The second kappa shape index (κ2) is 10.1. The molecule has 0 aliphatic carbocycles. The number of amides is 2. The van der Waals surface area contributed by atoms with Gasteiger partial charge in [-0.05, 0) is 12.1 Å². The quantitative estimate of drug-likeness (QED) is 0.736. The molecule has 0 aromatic heterocycles. The Morgan fingerprint density at radius 3 is 2.52 bits per heavy atom. The zero-order chi connectivity index (χ0) is 15.0. The van der Waals surface area contributed by atoms with Gasteiger partial charge >= 0.3 is 0 Å². The SMILES string of the molecule is COCCNCC(=O)Nc1ccccc1C(=O)N(C)C.Cl. The molecule has 0 fully saturated rings. The molecule has 0 saturated carbocycles. The lowest BCUT2D eigenvalue weighted by Gasteiger charge is -2.14. The van der Waals surface area contributed by atoms with Crippen LogP contribution in [0.2, 0.25) is 0 Å². The van der Waals surface area contributed by atoms with Crippen LogP contribution in [0.15, 0.2) is 24.3 Å². The molecule has 0 unspecified atom stereocenters. The van der Waals surface area contributed by atoms with E-state index in [1.54, 1.807) is 45.5 Å². The predicted octanol–water partition coefficient (Wildman–Crippen LogP) is 0.985. The minimum absolute atomic E-state index is 0. The molecule has 6 nitrogen and oxygen atoms in total. The molecule has 0 spiro atoms. The maximum Gasteiger partial charge on any atom is 0.255 e. The fraction of sp³-hybridized carbons (Fsp3) is 0.429. The van der Waals surface area contributed by atoms with Crippen LogP contribution in [0.25, 0.3) is 0 Å². The standard InChI is InChI=1S/C14H21N3O3.ClH/c1-17(2)14(19)11-6-4-5-7-12(11)16-13(18)10-15-8-9-20-3;/h4-7,15H,8-10H2,1-3H3,(H,16,18);1H. The summed E-state index contributed by atoms with van der Waals surface area (Å²) in [6.45, 7) is 1.32. The first-order valence-corrected chi connectivity index (χ1v) is 6.36. The number of hydrogen-bond acceptors (Lipinski definition) is 4. The van der Waals surface area contributed by atoms with Gasteiger partial charge < -0.3 is 20.3 Å². The van der Waals surface area contributed by atoms with Gasteiger partial charge in [0.15, 0.2) is 0 Å². The van der Waals surface area contributed by atoms with Gasteiger partial charge in [-0.15, -0.1) is 12.4 Å². The highest BCUT2D eigenvalue weighted by atomic mass is 35.5. The Bertz CT molecular complexity index is 467. The van der Waals surface area contributed by atoms with Gasteiger partial charge in [0.25, 0.3) is 5.91 Å². The lowest BCUT2D eigenvalue weighted by Crippen LogP contribution is -2.31. The van der Waals surface area contributed by atoms with Crippen LogP contribution in [0.1, 0.15) is 10.4 Å². The number of rotatable bonds is 7. The normalized spacial score (nSPS) is 9.67. The number of para-hydroxylation sites is 1. The number of nitrogens with one attached hydrogen (secondary N) is 2. The molecule has 0 radical (unpaired) electrons. The molecule has 21 heavy (non-hydrogen) atoms. The number of halogens is 1. The van der Waals surface area contributed by atoms with Crippen LogP contribution in [0, 0.1) is 0 Å². The number of ether oxygens (including phenoxy) is 1. The van der Waals surface area contributed by atoms with Crippen molar-refractivity contribution in [2.75, 3.05) is 46.2 Å². The first kappa shape index (κ1) is 19.4. The minimum atomic E-state index is -0.194. The fourth-order valence-electron chi connectivity index (χ4n) is 1.59. The van der Waals surface area contributed by atoms with Gasteiger partial charge in [0.05, 0.1) is 24.4 Å². The van der Waals surface area contributed by atoms with E-state index in [0.717, 1.165) is 0 Å². The van der Waals surface area contributed by atoms with Gasteiger partial charge in [-0.1, -0.05) is 12.1 Å². The summed E-state index contributed by atoms with van der Waals surface area (Å²) in [6.07, 6.45) is 0. The molecule has 0 atom stereocenters. The summed E-state index contributed by atoms with van der Waals surface area (Å²) in [6, 6.07) is 6.95. The first-order valence-electron chi connectivity index (χ1n) is 6.36. The summed E-state index contributed by atoms with van der Waals surface area (Å²) in [5, 5.41) is 5.68. The molecule has 0 heterocycles. The number of methoxy groups -OCH3 is 1. The van der Waals surface area contributed by atoms with E-state index in [9.17, 15) is 9.59 Å². The van der Waals surface area contributed by atoms with Crippen molar-refractivity contribution in [1.82, 2.24) is 10.2 Å². The topological polar surface area (TPSA) is 70.7 Å². The molecular formula is C14H22ClN3O3. The van der Waals surface area contributed by atoms with Gasteiger partial charge in [-0.2, -0.15) is 0 Å². The summed E-state index contributed by atoms with van der Waals surface area (Å²) >= 11 is 0. The molecule has 0 bridgehead atoms. The number of benzene rings is 1. The number of hydrogen-bond donors (Lipinski definition) is 2. The van der Waals surface area contributed by atoms with Crippen LogP contribution in [0.5, 0.6) is 0 Å². The maximum atomic E-state index is 12.0. The van der Waals surface area contributed by atoms with Crippen molar-refractivity contribution in [2.24, 2.45) is 0 Å². The highest BCUT2D eigenvalue weighted by molar-refractivity contribution is 6.03. The van der Waals surface area contributed by atoms with E-state index >= 15 is 0 Å². The highest BCUT2D eigenvalue weighted by Crippen LogP contribution is 2.16. The zero-order valence-electron chi connectivity index (χ0n) is 12.5. The predicted molar refractivity (Wildman–Crippen MR) is 85.1 cm³/mol. The average Bonchev–Trinajstić information content (AvgIpc) is 2.43. The van der Waals surface area contributed by atoms with Gasteiger partial charge in [0, 0.05) is 27.7 Å². The second-order valence-corrected chi connectivity index (χ2v) is 4.46. The number of nitrogens with zero attached hydrogens (tertiary/aromatic N) is 1. The highest BCUT2D eigenvalue weighted by Gasteiger charge is 2.14. The summed E-state index contributed by atoms with van der Waals surface area (Å²) in [5.41, 5.74) is 0.993. The van der Waals surface area contributed by atoms with Gasteiger partial charge in [0.1, 0.15) is 0 Å². The second-order valence-electron chi connectivity index (χ2n) is 4.46. The van der Waals surface area contributed by atoms with Crippen molar-refractivity contribution in [3.8, 4) is 0 Å². The molecule has 1 rings (SSSR count). The van der Waals surface area contributed by atoms with Crippen molar-refractivity contribution >= 4 is 29.9 Å². The van der Waals surface area contributed by atoms with Gasteiger partial charge in [-0.3, -0.25) is 9.59 Å². The summed E-state index contributed by atoms with van der Waals surface area (Å²) in [7, 11) is 4.95. The Balaban J connectivity index is 0.00000400. The van der Waals surface area contributed by atoms with E-state index < -0.39 is 0 Å². The molecule has 7 heteroatoms. The largest absolute Gasteiger partial charge is 0.383 e. The van der Waals surface area contributed by atoms with Crippen molar-refractivity contribution in [1.29, 1.82) is 0 Å². The Labute approximate surface area is 131 Å². The smallest absolute Gasteiger partial charge is 0.255 e. The average molecular weight is 316 g/mol. The zero-order valence-corrected chi connectivity index (χ0v) is 13.3. The fourth-order valence-corrected chi connectivity index (χ4v) is 1.59. The van der Waals surface area contributed by atoms with E-state index in [1.807, 2.05) is 0 Å². The van der Waals surface area contributed by atoms with Crippen molar-refractivity contribution in [2.45, 2.75) is 0 Å². The summed E-state index contributed by atoms with van der Waals surface area (Å²) in [5.74, 6) is -0.339. The Hall–Kier alpha value is -1.63. The van der Waals surface area contributed by atoms with Crippen LogP contribution in [-0.4, -0.2) is 57.6 Å². The lowest BCUT2D eigenvalue weighted by atomic mass is 10.1. The van der Waals surface area contributed by atoms with Crippen molar-refractivity contribution < 1.29 is 14.3 Å². The van der Waals surface area contributed by atoms with Gasteiger partial charge in [0.2, 0.25) is 5.91 Å². The molecule has 118 valence electrons. The van der Waals surface area contributed by atoms with E-state index in [0.29, 0.717) is 24.4 Å². The van der Waals surface area contributed by atoms with Crippen LogP contribution in [0.4, 0.5) is 5.69 Å². The molecular weight excluding hydrogens is 294 g/mol. The van der Waals surface area contributed by atoms with Crippen LogP contribution < -0.4 is 10.6 Å². The Morgan fingerprint density at radius 1 is 1.24 bits per heavy atom. The van der Waals surface area contributed by atoms with Gasteiger partial charge in [-0.25, -0.2) is 0 Å². The lowest BCUT2D eigenvalue weighted by molar-refractivity contribution is -0.115. The number of carbonyl (C=O) groups is 2. The van der Waals surface area contributed by atoms with E-state index in [4.69, 9.17) is 4.74 Å². The minimum Gasteiger partial charge on any atom is -0.383 e. The third-order valence-electron chi connectivity index (χ3n) is 2.61. The van der Waals surface area contributed by atoms with Crippen molar-refractivity contribution in [3.63, 3.8) is 0 Å². The third kappa shape index (κ3) is 6.57. The molecule has 2 N–H and O–H groups in total. The van der Waals surface area contributed by atoms with Crippen LogP contribution >= 0.6 is 12.4 Å². The molecule has 0 aliphatic heterocycles. The molecule has 0 aliphatic rings. The number of anilines is 1. The Kier molecular flexibility index (Phi) is 9.36. The first-order chi connectivity index (χ1) is 9.56. The van der Waals surface area contributed by atoms with E-state index in [-0.39, 0.29) is 30.8 Å². The molecule has 1 aromatic rings. The summed E-state index contributed by atoms with van der Waals surface area (Å²) in [4.78, 5) is 25.2. The number of carbonyl (C=O) groups excluding carboxylic acids is 2. The van der Waals surface area contributed by atoms with Crippen LogP contribution in [-0.2, 0) is 9.53 Å². The van der Waals surface area contributed by atoms with E-state index in [1.165, 1.54) is 4.90 Å². The molecule has 2 amide bonds. The monoisotopic (exact) mass is 315 g/mol. The van der Waals surface area contributed by atoms with Crippen molar-refractivity contribution in [3.05, 3.63) is 29.8 Å². The third-order valence-corrected chi connectivity index (χ3v) is 2.61. The van der Waals surface area contributed by atoms with Crippen LogP contribution in [0.3, 0.4) is 0 Å². The maximum absolute atomic E-state index is 12.0.